The number of hydrogen-bond acceptors (Lipinski definition) is 11. The summed E-state index contributed by atoms with van der Waals surface area (Å²) in [5.74, 6) is -0.486. The van der Waals surface area contributed by atoms with Crippen molar-refractivity contribution in [2.24, 2.45) is 11.3 Å². The molecule has 274 valence electrons. The molecular formula is C41H46N2O9. The number of rotatable bonds is 14. The number of allylic oxidation sites excluding steroid dienone is 2. The minimum absolute atomic E-state index is 0.00711. The average Bonchev–Trinajstić information content (AvgIpc) is 3.53. The van der Waals surface area contributed by atoms with E-state index < -0.39 is 23.5 Å². The number of Topliss-reactive ketones (excluding diaryl/α,β-unsaturated/α-hetero) is 1. The van der Waals surface area contributed by atoms with E-state index in [1.807, 2.05) is 36.4 Å². The van der Waals surface area contributed by atoms with E-state index in [9.17, 15) is 35.4 Å². The predicted octanol–water partition coefficient (Wildman–Crippen LogP) is 5.81. The molecule has 0 spiro atoms. The maximum Gasteiger partial charge on any atom is 0.200 e. The van der Waals surface area contributed by atoms with Crippen molar-refractivity contribution in [1.82, 2.24) is 5.32 Å². The molecule has 1 aliphatic carbocycles. The maximum atomic E-state index is 14.5. The van der Waals surface area contributed by atoms with Crippen molar-refractivity contribution in [3.8, 4) is 34.5 Å². The number of aliphatic hydroxyl groups excluding tert-OH is 2. The molecule has 4 aromatic rings. The first kappa shape index (κ1) is 36.4. The van der Waals surface area contributed by atoms with Crippen LogP contribution in [0.2, 0.25) is 0 Å². The third kappa shape index (κ3) is 7.75. The van der Waals surface area contributed by atoms with Crippen molar-refractivity contribution in [2.45, 2.75) is 57.2 Å². The molecule has 0 radical (unpaired) electrons. The maximum absolute atomic E-state index is 14.5. The van der Waals surface area contributed by atoms with Crippen molar-refractivity contribution >= 4 is 22.2 Å². The lowest BCUT2D eigenvalue weighted by Crippen LogP contribution is -2.45. The fourth-order valence-electron chi connectivity index (χ4n) is 7.82. The van der Waals surface area contributed by atoms with Crippen LogP contribution < -0.4 is 20.1 Å². The minimum Gasteiger partial charge on any atom is -0.508 e. The highest BCUT2D eigenvalue weighted by Crippen LogP contribution is 2.53. The van der Waals surface area contributed by atoms with Crippen molar-refractivity contribution in [2.75, 3.05) is 26.1 Å². The van der Waals surface area contributed by atoms with Gasteiger partial charge in [-0.25, -0.2) is 0 Å². The summed E-state index contributed by atoms with van der Waals surface area (Å²) in [6.45, 7) is 0.463. The molecule has 0 bridgehead atoms. The van der Waals surface area contributed by atoms with E-state index in [1.165, 1.54) is 26.4 Å². The molecule has 4 aromatic carbocycles. The molecule has 0 aromatic heterocycles. The standard InChI is InChI=1S/C41H46N2O9/c1-51-36-18-24(3-10-32(36)46)4-11-33(47)39(34(48)12-5-25-17-35(49)40(50)37(19-25)52-2)41(15-13-31(45)23-41)28-14-16-42-38(22-28)43-29-8-6-27-21-30(44)9-7-26(27)20-29/h3,6-10,14,17-22,31,33,39,42-47,49-50H,4-5,11-13,15-16,23H2,1-2H3. The largest absolute Gasteiger partial charge is 0.508 e. The summed E-state index contributed by atoms with van der Waals surface area (Å²) < 4.78 is 10.5. The summed E-state index contributed by atoms with van der Waals surface area (Å²) in [4.78, 5) is 14.5. The molecule has 4 unspecified atom stereocenters. The number of aliphatic hydroxyl groups is 2. The molecule has 11 heteroatoms. The Morgan fingerprint density at radius 2 is 1.65 bits per heavy atom. The van der Waals surface area contributed by atoms with E-state index in [-0.39, 0.29) is 60.2 Å². The second-order valence-electron chi connectivity index (χ2n) is 13.7. The molecule has 11 nitrogen and oxygen atoms in total. The lowest BCUT2D eigenvalue weighted by molar-refractivity contribution is -0.132. The van der Waals surface area contributed by atoms with Gasteiger partial charge in [0.15, 0.2) is 23.0 Å². The molecular weight excluding hydrogens is 664 g/mol. The number of dihydropyridines is 1. The Morgan fingerprint density at radius 1 is 0.904 bits per heavy atom. The molecule has 1 fully saturated rings. The van der Waals surface area contributed by atoms with Gasteiger partial charge in [0.05, 0.1) is 32.3 Å². The molecule has 1 saturated carbocycles. The molecule has 0 saturated heterocycles. The number of carbonyl (C=O) groups is 1. The summed E-state index contributed by atoms with van der Waals surface area (Å²) in [6.07, 6.45) is 4.38. The number of ketones is 1. The molecule has 1 heterocycles. The van der Waals surface area contributed by atoms with Gasteiger partial charge in [-0.3, -0.25) is 4.79 Å². The lowest BCUT2D eigenvalue weighted by Gasteiger charge is -2.42. The van der Waals surface area contributed by atoms with Crippen molar-refractivity contribution < 1.29 is 44.9 Å². The quantitative estimate of drug-likeness (QED) is 0.0741. The first-order chi connectivity index (χ1) is 25.0. The van der Waals surface area contributed by atoms with Crippen LogP contribution in [0.1, 0.15) is 43.2 Å². The van der Waals surface area contributed by atoms with Crippen LogP contribution in [0.25, 0.3) is 10.8 Å². The molecule has 2 aliphatic rings. The van der Waals surface area contributed by atoms with Gasteiger partial charge < -0.3 is 50.7 Å². The van der Waals surface area contributed by atoms with Gasteiger partial charge in [0.1, 0.15) is 17.4 Å². The number of nitrogens with one attached hydrogen (secondary N) is 2. The normalized spacial score (nSPS) is 19.7. The van der Waals surface area contributed by atoms with Gasteiger partial charge in [-0.05, 0) is 121 Å². The first-order valence-electron chi connectivity index (χ1n) is 17.5. The fraction of sp³-hybridized carbons (Fsp3) is 0.341. The smallest absolute Gasteiger partial charge is 0.200 e. The number of benzene rings is 4. The number of aryl methyl sites for hydroxylation is 2. The van der Waals surface area contributed by atoms with Crippen LogP contribution in [0.4, 0.5) is 5.69 Å². The molecule has 8 N–H and O–H groups in total. The second kappa shape index (κ2) is 15.5. The summed E-state index contributed by atoms with van der Waals surface area (Å²) in [6, 6.07) is 19.0. The van der Waals surface area contributed by atoms with Gasteiger partial charge >= 0.3 is 0 Å². The average molecular weight is 711 g/mol. The van der Waals surface area contributed by atoms with Crippen LogP contribution in [0.15, 0.2) is 90.3 Å². The van der Waals surface area contributed by atoms with Gasteiger partial charge in [0, 0.05) is 24.1 Å². The van der Waals surface area contributed by atoms with Crippen molar-refractivity contribution in [3.05, 3.63) is 101 Å². The van der Waals surface area contributed by atoms with Crippen LogP contribution >= 0.6 is 0 Å². The first-order valence-corrected chi connectivity index (χ1v) is 17.5. The highest BCUT2D eigenvalue weighted by molar-refractivity contribution is 5.87. The predicted molar refractivity (Wildman–Crippen MR) is 198 cm³/mol. The van der Waals surface area contributed by atoms with E-state index in [1.54, 1.807) is 30.3 Å². The SMILES string of the molecule is COc1cc(CCC(O)C(C(=O)CCc2cc(O)c(O)c(OC)c2)C2(C3=CCNC(Nc4ccc5cc(O)ccc5c4)=C3)CCC(O)C2)ccc1O. The van der Waals surface area contributed by atoms with Gasteiger partial charge in [0.2, 0.25) is 5.75 Å². The summed E-state index contributed by atoms with van der Waals surface area (Å²) in [7, 11) is 2.85. The van der Waals surface area contributed by atoms with Crippen LogP contribution in [0.5, 0.6) is 34.5 Å². The van der Waals surface area contributed by atoms with Crippen molar-refractivity contribution in [1.29, 1.82) is 0 Å². The minimum atomic E-state index is -1.09. The van der Waals surface area contributed by atoms with E-state index in [4.69, 9.17) is 9.47 Å². The molecule has 4 atom stereocenters. The number of phenols is 4. The third-order valence-corrected chi connectivity index (χ3v) is 10.4. The Bertz CT molecular complexity index is 2010. The number of aromatic hydroxyl groups is 4. The Morgan fingerprint density at radius 3 is 2.40 bits per heavy atom. The molecule has 52 heavy (non-hydrogen) atoms. The third-order valence-electron chi connectivity index (χ3n) is 10.4. The monoisotopic (exact) mass is 710 g/mol. The number of phenolic OH excluding ortho intramolecular Hbond substituents is 4. The van der Waals surface area contributed by atoms with Gasteiger partial charge in [-0.1, -0.05) is 24.3 Å². The zero-order valence-electron chi connectivity index (χ0n) is 29.3. The Labute approximate surface area is 302 Å². The van der Waals surface area contributed by atoms with Crippen LogP contribution in [-0.4, -0.2) is 69.4 Å². The van der Waals surface area contributed by atoms with Crippen LogP contribution in [0.3, 0.4) is 0 Å². The van der Waals surface area contributed by atoms with E-state index >= 15 is 0 Å². The number of anilines is 1. The van der Waals surface area contributed by atoms with Crippen LogP contribution in [0, 0.1) is 11.3 Å². The summed E-state index contributed by atoms with van der Waals surface area (Å²) in [5.41, 5.74) is 2.20. The number of methoxy groups -OCH3 is 2. The van der Waals surface area contributed by atoms with Gasteiger partial charge in [0.25, 0.3) is 0 Å². The van der Waals surface area contributed by atoms with E-state index in [0.717, 1.165) is 27.6 Å². The topological polar surface area (TPSA) is 181 Å². The molecule has 6 rings (SSSR count). The second-order valence-corrected chi connectivity index (χ2v) is 13.7. The summed E-state index contributed by atoms with van der Waals surface area (Å²) >= 11 is 0. The zero-order valence-corrected chi connectivity index (χ0v) is 29.3. The Kier molecular flexibility index (Phi) is 10.8. The highest BCUT2D eigenvalue weighted by atomic mass is 16.5. The van der Waals surface area contributed by atoms with Crippen molar-refractivity contribution in [3.63, 3.8) is 0 Å². The zero-order chi connectivity index (χ0) is 37.0. The number of hydrogen-bond donors (Lipinski definition) is 8. The molecule has 0 amide bonds. The Balaban J connectivity index is 1.32. The Hall–Kier alpha value is -5.39. The number of fused-ring (bicyclic) bond motifs is 1. The van der Waals surface area contributed by atoms with Gasteiger partial charge in [-0.2, -0.15) is 0 Å². The van der Waals surface area contributed by atoms with Gasteiger partial charge in [-0.15, -0.1) is 0 Å². The number of ether oxygens (including phenoxy) is 2. The van der Waals surface area contributed by atoms with E-state index in [2.05, 4.69) is 10.6 Å². The van der Waals surface area contributed by atoms with Crippen LogP contribution in [-0.2, 0) is 17.6 Å². The summed E-state index contributed by atoms with van der Waals surface area (Å²) in [5, 5.41) is 72.2. The molecule has 1 aliphatic heterocycles. The number of carbonyl (C=O) groups excluding carboxylic acids is 1. The lowest BCUT2D eigenvalue weighted by atomic mass is 9.63. The highest BCUT2D eigenvalue weighted by Gasteiger charge is 2.52. The fourth-order valence-corrected chi connectivity index (χ4v) is 7.82. The van der Waals surface area contributed by atoms with E-state index in [0.29, 0.717) is 42.9 Å².